The van der Waals surface area contributed by atoms with Crippen LogP contribution in [0.15, 0.2) is 53.7 Å². The Kier molecular flexibility index (Phi) is 3.70. The van der Waals surface area contributed by atoms with Crippen LogP contribution >= 0.6 is 0 Å². The minimum atomic E-state index is -0.0780. The molecule has 3 rings (SSSR count). The molecule has 2 aromatic heterocycles. The lowest BCUT2D eigenvalue weighted by atomic mass is 10.2. The molecular weight excluding hydrogens is 268 g/mol. The molecule has 6 nitrogen and oxygen atoms in total. The van der Waals surface area contributed by atoms with Crippen molar-refractivity contribution >= 4 is 5.52 Å². The zero-order valence-electron chi connectivity index (χ0n) is 11.5. The topological polar surface area (TPSA) is 74.6 Å². The number of fused-ring (bicyclic) bond motifs is 1. The minimum Gasteiger partial charge on any atom is -0.491 e. The van der Waals surface area contributed by atoms with Crippen molar-refractivity contribution in [2.45, 2.75) is 13.1 Å². The van der Waals surface area contributed by atoms with E-state index in [1.54, 1.807) is 33.7 Å². The van der Waals surface area contributed by atoms with Crippen LogP contribution in [0.5, 0.6) is 5.75 Å². The van der Waals surface area contributed by atoms with Gasteiger partial charge >= 0.3 is 0 Å². The van der Waals surface area contributed by atoms with Crippen LogP contribution in [0.4, 0.5) is 0 Å². The van der Waals surface area contributed by atoms with E-state index in [-0.39, 0.29) is 5.56 Å². The molecule has 0 aliphatic rings. The van der Waals surface area contributed by atoms with Crippen molar-refractivity contribution in [3.05, 3.63) is 64.8 Å². The van der Waals surface area contributed by atoms with E-state index < -0.39 is 0 Å². The van der Waals surface area contributed by atoms with E-state index in [0.717, 1.165) is 11.3 Å². The van der Waals surface area contributed by atoms with Crippen LogP contribution in [0.3, 0.4) is 0 Å². The highest BCUT2D eigenvalue weighted by molar-refractivity contribution is 5.42. The molecule has 3 aromatic rings. The van der Waals surface area contributed by atoms with E-state index in [1.165, 1.54) is 0 Å². The van der Waals surface area contributed by atoms with Gasteiger partial charge in [0.25, 0.3) is 5.56 Å². The molecule has 108 valence electrons. The average Bonchev–Trinajstić information content (AvgIpc) is 2.99. The lowest BCUT2D eigenvalue weighted by molar-refractivity contribution is 0.293. The van der Waals surface area contributed by atoms with E-state index in [4.69, 9.17) is 10.5 Å². The van der Waals surface area contributed by atoms with Crippen molar-refractivity contribution in [1.29, 1.82) is 0 Å². The predicted molar refractivity (Wildman–Crippen MR) is 79.3 cm³/mol. The molecule has 21 heavy (non-hydrogen) atoms. The van der Waals surface area contributed by atoms with Crippen molar-refractivity contribution in [2.75, 3.05) is 6.61 Å². The van der Waals surface area contributed by atoms with Crippen molar-refractivity contribution in [3.8, 4) is 5.75 Å². The number of benzene rings is 1. The van der Waals surface area contributed by atoms with E-state index in [1.807, 2.05) is 24.3 Å². The highest BCUT2D eigenvalue weighted by atomic mass is 16.5. The highest BCUT2D eigenvalue weighted by Gasteiger charge is 2.04. The monoisotopic (exact) mass is 284 g/mol. The predicted octanol–water partition coefficient (Wildman–Crippen LogP) is 1.03. The lowest BCUT2D eigenvalue weighted by Gasteiger charge is -2.11. The smallest absolute Gasteiger partial charge is 0.276 e. The van der Waals surface area contributed by atoms with E-state index in [9.17, 15) is 4.79 Å². The van der Waals surface area contributed by atoms with E-state index in [0.29, 0.717) is 25.2 Å². The molecule has 0 unspecified atom stereocenters. The van der Waals surface area contributed by atoms with Crippen LogP contribution in [0.2, 0.25) is 0 Å². The second kappa shape index (κ2) is 5.80. The number of para-hydroxylation sites is 1. The SMILES string of the molecule is NCc1ccccc1OCCn1ccn2nccc2c1=O. The first-order chi connectivity index (χ1) is 10.3. The van der Waals surface area contributed by atoms with E-state index >= 15 is 0 Å². The van der Waals surface area contributed by atoms with Gasteiger partial charge in [0.1, 0.15) is 17.9 Å². The molecule has 2 N–H and O–H groups in total. The summed E-state index contributed by atoms with van der Waals surface area (Å²) in [6, 6.07) is 9.33. The van der Waals surface area contributed by atoms with E-state index in [2.05, 4.69) is 5.10 Å². The summed E-state index contributed by atoms with van der Waals surface area (Å²) in [6.45, 7) is 1.30. The summed E-state index contributed by atoms with van der Waals surface area (Å²) in [6.07, 6.45) is 5.07. The third-order valence-electron chi connectivity index (χ3n) is 3.32. The van der Waals surface area contributed by atoms with Gasteiger partial charge < -0.3 is 15.0 Å². The van der Waals surface area contributed by atoms with Crippen LogP contribution in [-0.4, -0.2) is 20.8 Å². The van der Waals surface area contributed by atoms with Crippen LogP contribution < -0.4 is 16.0 Å². The third-order valence-corrected chi connectivity index (χ3v) is 3.32. The van der Waals surface area contributed by atoms with Gasteiger partial charge in [-0.3, -0.25) is 4.79 Å². The maximum Gasteiger partial charge on any atom is 0.276 e. The Morgan fingerprint density at radius 2 is 2.05 bits per heavy atom. The normalized spacial score (nSPS) is 10.9. The minimum absolute atomic E-state index is 0.0780. The molecule has 1 aromatic carbocycles. The molecule has 0 atom stereocenters. The number of rotatable bonds is 5. The summed E-state index contributed by atoms with van der Waals surface area (Å²) in [7, 11) is 0. The Morgan fingerprint density at radius 3 is 2.90 bits per heavy atom. The van der Waals surface area contributed by atoms with Crippen molar-refractivity contribution in [1.82, 2.24) is 14.2 Å². The van der Waals surface area contributed by atoms with Crippen molar-refractivity contribution in [3.63, 3.8) is 0 Å². The zero-order chi connectivity index (χ0) is 14.7. The highest BCUT2D eigenvalue weighted by Crippen LogP contribution is 2.16. The molecule has 0 bridgehead atoms. The number of aromatic nitrogens is 3. The molecule has 0 saturated heterocycles. The molecule has 0 radical (unpaired) electrons. The summed E-state index contributed by atoms with van der Waals surface area (Å²) in [5.74, 6) is 0.762. The number of hydrogen-bond donors (Lipinski definition) is 1. The molecule has 0 fully saturated rings. The van der Waals surface area contributed by atoms with Crippen LogP contribution in [0, 0.1) is 0 Å². The second-order valence-corrected chi connectivity index (χ2v) is 4.62. The van der Waals surface area contributed by atoms with Crippen molar-refractivity contribution in [2.24, 2.45) is 5.73 Å². The van der Waals surface area contributed by atoms with Gasteiger partial charge in [0, 0.05) is 24.5 Å². The first-order valence-corrected chi connectivity index (χ1v) is 6.73. The Morgan fingerprint density at radius 1 is 1.19 bits per heavy atom. The molecule has 2 heterocycles. The fourth-order valence-corrected chi connectivity index (χ4v) is 2.20. The van der Waals surface area contributed by atoms with Crippen LogP contribution in [0.1, 0.15) is 5.56 Å². The molecule has 0 spiro atoms. The summed E-state index contributed by atoms with van der Waals surface area (Å²) < 4.78 is 8.89. The van der Waals surface area contributed by atoms with Gasteiger partial charge in [-0.05, 0) is 12.1 Å². The van der Waals surface area contributed by atoms with Gasteiger partial charge in [0.2, 0.25) is 0 Å². The fraction of sp³-hybridized carbons (Fsp3) is 0.200. The Labute approximate surface area is 121 Å². The Hall–Kier alpha value is -2.60. The fourth-order valence-electron chi connectivity index (χ4n) is 2.20. The average molecular weight is 284 g/mol. The van der Waals surface area contributed by atoms with Gasteiger partial charge in [0.05, 0.1) is 12.7 Å². The first kappa shape index (κ1) is 13.4. The summed E-state index contributed by atoms with van der Waals surface area (Å²) in [5, 5.41) is 4.03. The number of nitrogens with two attached hydrogens (primary N) is 1. The molecule has 0 saturated carbocycles. The van der Waals surface area contributed by atoms with Crippen LogP contribution in [-0.2, 0) is 13.1 Å². The number of nitrogens with zero attached hydrogens (tertiary/aromatic N) is 3. The maximum absolute atomic E-state index is 12.2. The lowest BCUT2D eigenvalue weighted by Crippen LogP contribution is -2.24. The van der Waals surface area contributed by atoms with Gasteiger partial charge in [-0.2, -0.15) is 5.10 Å². The Balaban J connectivity index is 1.72. The summed E-state index contributed by atoms with van der Waals surface area (Å²) in [4.78, 5) is 12.2. The Bertz CT molecular complexity index is 807. The van der Waals surface area contributed by atoms with Crippen LogP contribution in [0.25, 0.3) is 5.52 Å². The van der Waals surface area contributed by atoms with Gasteiger partial charge in [0.15, 0.2) is 0 Å². The molecule has 0 aliphatic heterocycles. The second-order valence-electron chi connectivity index (χ2n) is 4.62. The van der Waals surface area contributed by atoms with Gasteiger partial charge in [-0.1, -0.05) is 18.2 Å². The van der Waals surface area contributed by atoms with Gasteiger partial charge in [-0.15, -0.1) is 0 Å². The standard InChI is InChI=1S/C15H16N4O2/c16-11-12-3-1-2-4-14(12)21-10-9-18-7-8-19-13(15(18)20)5-6-17-19/h1-8H,9-11,16H2. The third kappa shape index (κ3) is 2.66. The van der Waals surface area contributed by atoms with Gasteiger partial charge in [-0.25, -0.2) is 4.52 Å². The van der Waals surface area contributed by atoms with Crippen molar-refractivity contribution < 1.29 is 4.74 Å². The molecule has 0 amide bonds. The molecule has 0 aliphatic carbocycles. The number of ether oxygens (including phenoxy) is 1. The summed E-state index contributed by atoms with van der Waals surface area (Å²) >= 11 is 0. The molecule has 6 heteroatoms. The largest absolute Gasteiger partial charge is 0.491 e. The maximum atomic E-state index is 12.2. The summed E-state index contributed by atoms with van der Waals surface area (Å²) in [5.41, 5.74) is 7.10. The molecular formula is C15H16N4O2. The number of hydrogen-bond acceptors (Lipinski definition) is 4. The first-order valence-electron chi connectivity index (χ1n) is 6.73. The quantitative estimate of drug-likeness (QED) is 0.759. The zero-order valence-corrected chi connectivity index (χ0v) is 11.5.